The first-order valence-corrected chi connectivity index (χ1v) is 4.33. The number of nitrogens with zero attached hydrogens (tertiary/aromatic N) is 2. The topological polar surface area (TPSA) is 74.2 Å². The van der Waals surface area contributed by atoms with E-state index in [1.54, 1.807) is 24.3 Å². The zero-order chi connectivity index (χ0) is 10.4. The van der Waals surface area contributed by atoms with E-state index in [0.29, 0.717) is 18.1 Å². The fourth-order valence-electron chi connectivity index (χ4n) is 0.986. The van der Waals surface area contributed by atoms with E-state index in [-0.39, 0.29) is 0 Å². The summed E-state index contributed by atoms with van der Waals surface area (Å²) in [4.78, 5) is 3.98. The molecule has 14 heavy (non-hydrogen) atoms. The summed E-state index contributed by atoms with van der Waals surface area (Å²) >= 11 is 0. The lowest BCUT2D eigenvalue weighted by atomic mass is 10.2. The first-order valence-electron chi connectivity index (χ1n) is 4.33. The average Bonchev–Trinajstić information content (AvgIpc) is 2.19. The predicted octanol–water partition coefficient (Wildman–Crippen LogP) is 1.30. The molecule has 0 bridgehead atoms. The molecule has 0 saturated heterocycles. The molecule has 0 aliphatic rings. The van der Waals surface area contributed by atoms with E-state index in [1.165, 1.54) is 0 Å². The van der Waals surface area contributed by atoms with E-state index < -0.39 is 0 Å². The maximum absolute atomic E-state index is 8.58. The SMILES string of the molecule is CCN=C(N)Nc1ccc(C#N)cc1. The van der Waals surface area contributed by atoms with Crippen LogP contribution in [0.1, 0.15) is 12.5 Å². The molecular weight excluding hydrogens is 176 g/mol. The lowest BCUT2D eigenvalue weighted by Gasteiger charge is -2.04. The molecule has 0 unspecified atom stereocenters. The summed E-state index contributed by atoms with van der Waals surface area (Å²) in [5.41, 5.74) is 7.02. The van der Waals surface area contributed by atoms with Crippen LogP contribution in [0, 0.1) is 11.3 Å². The molecule has 0 amide bonds. The highest BCUT2D eigenvalue weighted by Gasteiger charge is 1.94. The molecule has 3 N–H and O–H groups in total. The van der Waals surface area contributed by atoms with Gasteiger partial charge in [0.25, 0.3) is 0 Å². The molecule has 4 heteroatoms. The quantitative estimate of drug-likeness (QED) is 0.542. The van der Waals surface area contributed by atoms with E-state index in [9.17, 15) is 0 Å². The fraction of sp³-hybridized carbons (Fsp3) is 0.200. The Morgan fingerprint density at radius 1 is 1.50 bits per heavy atom. The average molecular weight is 188 g/mol. The van der Waals surface area contributed by atoms with E-state index >= 15 is 0 Å². The van der Waals surface area contributed by atoms with Crippen molar-refractivity contribution >= 4 is 11.6 Å². The van der Waals surface area contributed by atoms with Gasteiger partial charge in [0.15, 0.2) is 5.96 Å². The van der Waals surface area contributed by atoms with Crippen LogP contribution in [0.25, 0.3) is 0 Å². The summed E-state index contributed by atoms with van der Waals surface area (Å²) in [5.74, 6) is 0.386. The molecule has 4 nitrogen and oxygen atoms in total. The molecule has 1 aromatic carbocycles. The van der Waals surface area contributed by atoms with E-state index in [4.69, 9.17) is 11.0 Å². The summed E-state index contributed by atoms with van der Waals surface area (Å²) < 4.78 is 0. The van der Waals surface area contributed by atoms with Crippen molar-refractivity contribution in [3.8, 4) is 6.07 Å². The van der Waals surface area contributed by atoms with Crippen molar-refractivity contribution in [1.29, 1.82) is 5.26 Å². The molecule has 0 atom stereocenters. The Morgan fingerprint density at radius 2 is 2.14 bits per heavy atom. The number of hydrogen-bond donors (Lipinski definition) is 2. The molecule has 1 rings (SSSR count). The highest BCUT2D eigenvalue weighted by molar-refractivity contribution is 5.92. The highest BCUT2D eigenvalue weighted by atomic mass is 15.1. The van der Waals surface area contributed by atoms with E-state index in [0.717, 1.165) is 5.69 Å². The van der Waals surface area contributed by atoms with Gasteiger partial charge in [0, 0.05) is 12.2 Å². The number of nitrogens with one attached hydrogen (secondary N) is 1. The Kier molecular flexibility index (Phi) is 3.50. The van der Waals surface area contributed by atoms with Crippen molar-refractivity contribution in [2.75, 3.05) is 11.9 Å². The normalized spacial score (nSPS) is 10.7. The van der Waals surface area contributed by atoms with Gasteiger partial charge in [-0.1, -0.05) is 0 Å². The minimum atomic E-state index is 0.386. The third-order valence-corrected chi connectivity index (χ3v) is 1.61. The van der Waals surface area contributed by atoms with Gasteiger partial charge in [-0.2, -0.15) is 5.26 Å². The number of benzene rings is 1. The van der Waals surface area contributed by atoms with Crippen molar-refractivity contribution in [2.45, 2.75) is 6.92 Å². The first-order chi connectivity index (χ1) is 6.76. The number of hydrogen-bond acceptors (Lipinski definition) is 2. The third-order valence-electron chi connectivity index (χ3n) is 1.61. The molecule has 0 spiro atoms. The third kappa shape index (κ3) is 2.79. The molecule has 0 heterocycles. The van der Waals surface area contributed by atoms with Gasteiger partial charge >= 0.3 is 0 Å². The largest absolute Gasteiger partial charge is 0.370 e. The zero-order valence-electron chi connectivity index (χ0n) is 7.99. The first kappa shape index (κ1) is 10.1. The van der Waals surface area contributed by atoms with E-state index in [2.05, 4.69) is 10.3 Å². The van der Waals surface area contributed by atoms with Crippen molar-refractivity contribution in [1.82, 2.24) is 0 Å². The number of anilines is 1. The van der Waals surface area contributed by atoms with Gasteiger partial charge in [-0.15, -0.1) is 0 Å². The molecule has 0 fully saturated rings. The Labute approximate surface area is 83.1 Å². The fourth-order valence-corrected chi connectivity index (χ4v) is 0.986. The predicted molar refractivity (Wildman–Crippen MR) is 56.9 cm³/mol. The van der Waals surface area contributed by atoms with Crippen molar-refractivity contribution in [3.63, 3.8) is 0 Å². The second kappa shape index (κ2) is 4.87. The molecule has 0 aliphatic heterocycles. The second-order valence-corrected chi connectivity index (χ2v) is 2.67. The Morgan fingerprint density at radius 3 is 2.64 bits per heavy atom. The molecule has 1 aromatic rings. The summed E-state index contributed by atoms with van der Waals surface area (Å²) in [6.45, 7) is 2.56. The van der Waals surface area contributed by atoms with Gasteiger partial charge < -0.3 is 11.1 Å². The van der Waals surface area contributed by atoms with Crippen LogP contribution in [-0.4, -0.2) is 12.5 Å². The van der Waals surface area contributed by atoms with Crippen molar-refractivity contribution in [3.05, 3.63) is 29.8 Å². The molecule has 0 aromatic heterocycles. The molecule has 0 aliphatic carbocycles. The minimum Gasteiger partial charge on any atom is -0.370 e. The van der Waals surface area contributed by atoms with Gasteiger partial charge in [-0.3, -0.25) is 4.99 Å². The van der Waals surface area contributed by atoms with Crippen LogP contribution >= 0.6 is 0 Å². The number of nitriles is 1. The second-order valence-electron chi connectivity index (χ2n) is 2.67. The van der Waals surface area contributed by atoms with Crippen LogP contribution in [0.15, 0.2) is 29.3 Å². The molecule has 72 valence electrons. The molecule has 0 radical (unpaired) electrons. The minimum absolute atomic E-state index is 0.386. The number of nitrogens with two attached hydrogens (primary N) is 1. The Hall–Kier alpha value is -2.02. The Bertz CT molecular complexity index is 359. The zero-order valence-corrected chi connectivity index (χ0v) is 7.99. The number of rotatable bonds is 2. The summed E-state index contributed by atoms with van der Waals surface area (Å²) in [7, 11) is 0. The highest BCUT2D eigenvalue weighted by Crippen LogP contribution is 2.07. The standard InChI is InChI=1S/C10H12N4/c1-2-13-10(12)14-9-5-3-8(7-11)4-6-9/h3-6H,2H2,1H3,(H3,12,13,14). The van der Waals surface area contributed by atoms with Crippen LogP contribution in [-0.2, 0) is 0 Å². The summed E-state index contributed by atoms with van der Waals surface area (Å²) in [6, 6.07) is 9.07. The monoisotopic (exact) mass is 188 g/mol. The van der Waals surface area contributed by atoms with Crippen LogP contribution in [0.4, 0.5) is 5.69 Å². The van der Waals surface area contributed by atoms with E-state index in [1.807, 2.05) is 13.0 Å². The van der Waals surface area contributed by atoms with Crippen molar-refractivity contribution in [2.24, 2.45) is 10.7 Å². The maximum atomic E-state index is 8.58. The van der Waals surface area contributed by atoms with Crippen LogP contribution in [0.2, 0.25) is 0 Å². The van der Waals surface area contributed by atoms with Crippen LogP contribution < -0.4 is 11.1 Å². The van der Waals surface area contributed by atoms with Crippen molar-refractivity contribution < 1.29 is 0 Å². The van der Waals surface area contributed by atoms with Gasteiger partial charge in [0.1, 0.15) is 0 Å². The van der Waals surface area contributed by atoms with Crippen LogP contribution in [0.3, 0.4) is 0 Å². The smallest absolute Gasteiger partial charge is 0.193 e. The van der Waals surface area contributed by atoms with Gasteiger partial charge in [0.2, 0.25) is 0 Å². The molecular formula is C10H12N4. The van der Waals surface area contributed by atoms with Gasteiger partial charge in [0.05, 0.1) is 11.6 Å². The summed E-state index contributed by atoms with van der Waals surface area (Å²) in [6.07, 6.45) is 0. The van der Waals surface area contributed by atoms with Gasteiger partial charge in [-0.05, 0) is 31.2 Å². The summed E-state index contributed by atoms with van der Waals surface area (Å²) in [5, 5.41) is 11.5. The Balaban J connectivity index is 2.70. The van der Waals surface area contributed by atoms with Gasteiger partial charge in [-0.25, -0.2) is 0 Å². The number of guanidine groups is 1. The number of aliphatic imine (C=N–C) groups is 1. The lowest BCUT2D eigenvalue weighted by molar-refractivity contribution is 1.12. The maximum Gasteiger partial charge on any atom is 0.193 e. The lowest BCUT2D eigenvalue weighted by Crippen LogP contribution is -2.22. The molecule has 0 saturated carbocycles. The van der Waals surface area contributed by atoms with Crippen LogP contribution in [0.5, 0.6) is 0 Å².